The molecule has 0 spiro atoms. The zero-order valence-corrected chi connectivity index (χ0v) is 14.4. The van der Waals surface area contributed by atoms with Gasteiger partial charge < -0.3 is 9.73 Å². The van der Waals surface area contributed by atoms with E-state index in [1.807, 2.05) is 24.3 Å². The third-order valence-corrected chi connectivity index (χ3v) is 4.27. The fourth-order valence-electron chi connectivity index (χ4n) is 2.72. The number of furan rings is 1. The number of carbonyl (C=O) groups is 1. The van der Waals surface area contributed by atoms with Gasteiger partial charge in [0.2, 0.25) is 0 Å². The van der Waals surface area contributed by atoms with E-state index in [4.69, 9.17) is 16.0 Å². The van der Waals surface area contributed by atoms with Crippen molar-refractivity contribution in [3.63, 3.8) is 0 Å². The first-order chi connectivity index (χ1) is 12.7. The molecule has 6 heteroatoms. The number of carbonyl (C=O) groups excluding carboxylic acids is 1. The molecule has 0 unspecified atom stereocenters. The van der Waals surface area contributed by atoms with Crippen molar-refractivity contribution in [1.82, 2.24) is 15.3 Å². The number of benzene rings is 1. The summed E-state index contributed by atoms with van der Waals surface area (Å²) >= 11 is 6.32. The van der Waals surface area contributed by atoms with Crippen LogP contribution in [0.5, 0.6) is 0 Å². The molecule has 128 valence electrons. The summed E-state index contributed by atoms with van der Waals surface area (Å²) in [6, 6.07) is 16.3. The van der Waals surface area contributed by atoms with Crippen LogP contribution in [0.15, 0.2) is 71.5 Å². The summed E-state index contributed by atoms with van der Waals surface area (Å²) in [5.41, 5.74) is 2.33. The molecule has 1 N–H and O–H groups in total. The molecule has 0 aliphatic rings. The Kier molecular flexibility index (Phi) is 4.37. The summed E-state index contributed by atoms with van der Waals surface area (Å²) in [5, 5.41) is 4.04. The monoisotopic (exact) mass is 363 g/mol. The summed E-state index contributed by atoms with van der Waals surface area (Å²) in [6.45, 7) is 0.301. The Morgan fingerprint density at radius 2 is 2.00 bits per heavy atom. The number of nitrogens with zero attached hydrogens (tertiary/aromatic N) is 2. The standard InChI is InChI=1S/C20H14ClN3O2/c21-16-7-3-6-14-15(20(25)23-12-13-5-4-10-26-13)11-18(24-19(14)16)17-8-1-2-9-22-17/h1-11H,12H2,(H,23,25). The van der Waals surface area contributed by atoms with Crippen molar-refractivity contribution in [2.75, 3.05) is 0 Å². The molecule has 0 saturated heterocycles. The number of fused-ring (bicyclic) bond motifs is 1. The van der Waals surface area contributed by atoms with E-state index in [0.29, 0.717) is 45.2 Å². The number of para-hydroxylation sites is 1. The number of rotatable bonds is 4. The van der Waals surface area contributed by atoms with Gasteiger partial charge in [-0.25, -0.2) is 4.98 Å². The maximum atomic E-state index is 12.8. The molecular formula is C20H14ClN3O2. The van der Waals surface area contributed by atoms with Crippen molar-refractivity contribution in [3.8, 4) is 11.4 Å². The highest BCUT2D eigenvalue weighted by atomic mass is 35.5. The minimum absolute atomic E-state index is 0.228. The van der Waals surface area contributed by atoms with Crippen LogP contribution in [0.25, 0.3) is 22.3 Å². The molecule has 0 aliphatic carbocycles. The van der Waals surface area contributed by atoms with Crippen LogP contribution in [-0.4, -0.2) is 15.9 Å². The van der Waals surface area contributed by atoms with Gasteiger partial charge in [0, 0.05) is 11.6 Å². The molecule has 4 rings (SSSR count). The molecule has 26 heavy (non-hydrogen) atoms. The van der Waals surface area contributed by atoms with E-state index in [2.05, 4.69) is 15.3 Å². The number of hydrogen-bond donors (Lipinski definition) is 1. The lowest BCUT2D eigenvalue weighted by atomic mass is 10.1. The number of amides is 1. The van der Waals surface area contributed by atoms with Crippen molar-refractivity contribution in [3.05, 3.63) is 83.4 Å². The lowest BCUT2D eigenvalue weighted by molar-refractivity contribution is 0.0949. The Labute approximate surface area is 154 Å². The molecule has 1 amide bonds. The molecule has 5 nitrogen and oxygen atoms in total. The van der Waals surface area contributed by atoms with Crippen molar-refractivity contribution in [2.45, 2.75) is 6.54 Å². The second-order valence-electron chi connectivity index (χ2n) is 5.67. The zero-order valence-electron chi connectivity index (χ0n) is 13.6. The number of aromatic nitrogens is 2. The van der Waals surface area contributed by atoms with Crippen LogP contribution in [0.4, 0.5) is 0 Å². The van der Waals surface area contributed by atoms with Crippen molar-refractivity contribution in [1.29, 1.82) is 0 Å². The highest BCUT2D eigenvalue weighted by molar-refractivity contribution is 6.35. The third kappa shape index (κ3) is 3.17. The predicted octanol–water partition coefficient (Wildman–Crippen LogP) is 4.47. The summed E-state index contributed by atoms with van der Waals surface area (Å²) in [4.78, 5) is 21.7. The van der Waals surface area contributed by atoms with Gasteiger partial charge in [-0.1, -0.05) is 29.8 Å². The van der Waals surface area contributed by atoms with E-state index in [1.54, 1.807) is 42.8 Å². The summed E-state index contributed by atoms with van der Waals surface area (Å²) in [6.07, 6.45) is 3.26. The van der Waals surface area contributed by atoms with E-state index >= 15 is 0 Å². The van der Waals surface area contributed by atoms with Crippen molar-refractivity contribution in [2.24, 2.45) is 0 Å². The maximum absolute atomic E-state index is 12.8. The van der Waals surface area contributed by atoms with E-state index in [9.17, 15) is 4.79 Å². The Hall–Kier alpha value is -3.18. The van der Waals surface area contributed by atoms with Gasteiger partial charge in [-0.2, -0.15) is 0 Å². The van der Waals surface area contributed by atoms with Crippen LogP contribution >= 0.6 is 11.6 Å². The van der Waals surface area contributed by atoms with E-state index in [1.165, 1.54) is 0 Å². The molecule has 0 aliphatic heterocycles. The van der Waals surface area contributed by atoms with Crippen LogP contribution in [0, 0.1) is 0 Å². The number of halogens is 1. The van der Waals surface area contributed by atoms with Gasteiger partial charge in [-0.3, -0.25) is 9.78 Å². The number of nitrogens with one attached hydrogen (secondary N) is 1. The average Bonchev–Trinajstić information content (AvgIpc) is 3.20. The fourth-order valence-corrected chi connectivity index (χ4v) is 2.94. The Morgan fingerprint density at radius 3 is 2.77 bits per heavy atom. The SMILES string of the molecule is O=C(NCc1ccco1)c1cc(-c2ccccn2)nc2c(Cl)cccc12. The topological polar surface area (TPSA) is 68.0 Å². The summed E-state index contributed by atoms with van der Waals surface area (Å²) in [5.74, 6) is 0.452. The normalized spacial score (nSPS) is 10.8. The lowest BCUT2D eigenvalue weighted by Crippen LogP contribution is -2.23. The molecule has 1 aromatic carbocycles. The first-order valence-corrected chi connectivity index (χ1v) is 8.41. The van der Waals surface area contributed by atoms with Crippen LogP contribution in [-0.2, 0) is 6.54 Å². The second-order valence-corrected chi connectivity index (χ2v) is 6.08. The van der Waals surface area contributed by atoms with Gasteiger partial charge in [-0.15, -0.1) is 0 Å². The van der Waals surface area contributed by atoms with E-state index in [-0.39, 0.29) is 5.91 Å². The Morgan fingerprint density at radius 1 is 1.08 bits per heavy atom. The van der Waals surface area contributed by atoms with Crippen LogP contribution in [0.1, 0.15) is 16.1 Å². The molecule has 0 fully saturated rings. The van der Waals surface area contributed by atoms with Gasteiger partial charge in [0.15, 0.2) is 0 Å². The largest absolute Gasteiger partial charge is 0.467 e. The molecule has 0 radical (unpaired) electrons. The first-order valence-electron chi connectivity index (χ1n) is 8.03. The summed E-state index contributed by atoms with van der Waals surface area (Å²) < 4.78 is 5.26. The highest BCUT2D eigenvalue weighted by Crippen LogP contribution is 2.28. The molecule has 0 saturated carbocycles. The first kappa shape index (κ1) is 16.3. The van der Waals surface area contributed by atoms with E-state index < -0.39 is 0 Å². The van der Waals surface area contributed by atoms with Gasteiger partial charge in [0.05, 0.1) is 40.3 Å². The number of pyridine rings is 2. The van der Waals surface area contributed by atoms with Crippen LogP contribution in [0.3, 0.4) is 0 Å². The average molecular weight is 364 g/mol. The van der Waals surface area contributed by atoms with Gasteiger partial charge >= 0.3 is 0 Å². The zero-order chi connectivity index (χ0) is 17.9. The second kappa shape index (κ2) is 6.98. The Balaban J connectivity index is 1.79. The minimum atomic E-state index is -0.228. The Bertz CT molecular complexity index is 1060. The molecule has 4 aromatic rings. The fraction of sp³-hybridized carbons (Fsp3) is 0.0500. The van der Waals surface area contributed by atoms with Crippen molar-refractivity contribution < 1.29 is 9.21 Å². The van der Waals surface area contributed by atoms with E-state index in [0.717, 1.165) is 0 Å². The molecular weight excluding hydrogens is 350 g/mol. The maximum Gasteiger partial charge on any atom is 0.252 e. The quantitative estimate of drug-likeness (QED) is 0.580. The smallest absolute Gasteiger partial charge is 0.252 e. The van der Waals surface area contributed by atoms with Gasteiger partial charge in [-0.05, 0) is 36.4 Å². The predicted molar refractivity (Wildman–Crippen MR) is 99.9 cm³/mol. The van der Waals surface area contributed by atoms with Crippen LogP contribution < -0.4 is 5.32 Å². The molecule has 0 atom stereocenters. The number of hydrogen-bond acceptors (Lipinski definition) is 4. The van der Waals surface area contributed by atoms with Gasteiger partial charge in [0.1, 0.15) is 5.76 Å². The molecule has 3 aromatic heterocycles. The van der Waals surface area contributed by atoms with Crippen molar-refractivity contribution >= 4 is 28.4 Å². The van der Waals surface area contributed by atoms with Gasteiger partial charge in [0.25, 0.3) is 5.91 Å². The molecule has 0 bridgehead atoms. The highest BCUT2D eigenvalue weighted by Gasteiger charge is 2.16. The lowest BCUT2D eigenvalue weighted by Gasteiger charge is -2.10. The summed E-state index contributed by atoms with van der Waals surface area (Å²) in [7, 11) is 0. The minimum Gasteiger partial charge on any atom is -0.467 e. The molecule has 3 heterocycles. The van der Waals surface area contributed by atoms with Crippen LogP contribution in [0.2, 0.25) is 5.02 Å². The third-order valence-electron chi connectivity index (χ3n) is 3.97.